The Hall–Kier alpha value is -0.0400. The monoisotopic (exact) mass is 428 g/mol. The van der Waals surface area contributed by atoms with Crippen molar-refractivity contribution >= 4 is 0 Å². The first-order valence-electron chi connectivity index (χ1n) is 14.0. The van der Waals surface area contributed by atoms with Crippen LogP contribution in [0.5, 0.6) is 0 Å². The molecule has 1 saturated heterocycles. The summed E-state index contributed by atoms with van der Waals surface area (Å²) in [4.78, 5) is 0. The van der Waals surface area contributed by atoms with Crippen molar-refractivity contribution in [1.82, 2.24) is 0 Å². The van der Waals surface area contributed by atoms with E-state index in [0.717, 1.165) is 23.7 Å². The van der Waals surface area contributed by atoms with Gasteiger partial charge in [0.15, 0.2) is 0 Å². The second-order valence-electron chi connectivity index (χ2n) is 15.3. The lowest BCUT2D eigenvalue weighted by atomic mass is 9.44. The third kappa shape index (κ3) is 3.10. The predicted molar refractivity (Wildman–Crippen MR) is 131 cm³/mol. The van der Waals surface area contributed by atoms with Crippen molar-refractivity contribution in [2.45, 2.75) is 144 Å². The summed E-state index contributed by atoms with van der Waals surface area (Å²) in [5, 5.41) is 0. The summed E-state index contributed by atoms with van der Waals surface area (Å²) in [5.41, 5.74) is 2.09. The van der Waals surface area contributed by atoms with Gasteiger partial charge in [-0.1, -0.05) is 54.4 Å². The molecule has 5 fully saturated rings. The Morgan fingerprint density at radius 2 is 0.839 bits per heavy atom. The molecule has 8 atom stereocenters. The topological polar surface area (TPSA) is 9.23 Å². The maximum atomic E-state index is 7.56. The molecule has 0 aromatic rings. The minimum Gasteiger partial charge on any atom is -0.369 e. The first kappa shape index (κ1) is 22.7. The summed E-state index contributed by atoms with van der Waals surface area (Å²) in [6.45, 7) is 20.8. The molecular weight excluding hydrogens is 376 g/mol. The van der Waals surface area contributed by atoms with Gasteiger partial charge in [-0.05, 0) is 123 Å². The third-order valence-corrected chi connectivity index (χ3v) is 12.7. The highest BCUT2D eigenvalue weighted by atomic mass is 16.5. The highest BCUT2D eigenvalue weighted by Gasteiger charge is 2.65. The fraction of sp³-hybridized carbons (Fsp3) is 1.00. The molecule has 0 N–H and O–H groups in total. The van der Waals surface area contributed by atoms with Gasteiger partial charge in [-0.15, -0.1) is 0 Å². The zero-order valence-corrected chi connectivity index (χ0v) is 22.2. The molecule has 1 heterocycles. The first-order chi connectivity index (χ1) is 14.3. The second kappa shape index (κ2) is 6.76. The van der Waals surface area contributed by atoms with Crippen LogP contribution in [0, 0.1) is 45.3 Å². The molecule has 5 aliphatic rings. The Balaban J connectivity index is 1.52. The van der Waals surface area contributed by atoms with Crippen molar-refractivity contribution in [3.63, 3.8) is 0 Å². The fourth-order valence-electron chi connectivity index (χ4n) is 11.6. The lowest BCUT2D eigenvalue weighted by Gasteiger charge is -2.64. The lowest BCUT2D eigenvalue weighted by molar-refractivity contribution is -0.262. The average molecular weight is 429 g/mol. The molecule has 0 bridgehead atoms. The molecule has 1 nitrogen and oxygen atoms in total. The van der Waals surface area contributed by atoms with E-state index in [4.69, 9.17) is 4.74 Å². The lowest BCUT2D eigenvalue weighted by Crippen LogP contribution is -2.62. The van der Waals surface area contributed by atoms with Crippen LogP contribution in [0.15, 0.2) is 0 Å². The van der Waals surface area contributed by atoms with Crippen LogP contribution >= 0.6 is 0 Å². The van der Waals surface area contributed by atoms with Gasteiger partial charge in [-0.25, -0.2) is 0 Å². The number of fused-ring (bicyclic) bond motifs is 6. The van der Waals surface area contributed by atoms with E-state index in [9.17, 15) is 0 Å². The van der Waals surface area contributed by atoms with Crippen molar-refractivity contribution < 1.29 is 4.74 Å². The number of hydrogen-bond acceptors (Lipinski definition) is 1. The van der Waals surface area contributed by atoms with Crippen LogP contribution in [0.3, 0.4) is 0 Å². The molecule has 0 spiro atoms. The van der Waals surface area contributed by atoms with Crippen LogP contribution in [-0.4, -0.2) is 11.2 Å². The van der Waals surface area contributed by atoms with Crippen molar-refractivity contribution in [2.24, 2.45) is 45.3 Å². The molecule has 1 heteroatoms. The highest BCUT2D eigenvalue weighted by molar-refractivity contribution is 5.14. The van der Waals surface area contributed by atoms with Gasteiger partial charge in [0, 0.05) is 0 Å². The SMILES string of the molecule is CC1(C)CCC[C@@]2(C)[C@@H]1CC[C@@]1(C)O[C@]3(C)CC[C@H]4C(C)(C)CCC[C@]4(C)[C@H]3CC[C@H]21. The zero-order chi connectivity index (χ0) is 22.5. The van der Waals surface area contributed by atoms with Gasteiger partial charge in [0.1, 0.15) is 0 Å². The third-order valence-electron chi connectivity index (χ3n) is 12.7. The summed E-state index contributed by atoms with van der Waals surface area (Å²) < 4.78 is 7.56. The predicted octanol–water partition coefficient (Wildman–Crippen LogP) is 8.80. The van der Waals surface area contributed by atoms with Crippen molar-refractivity contribution in [2.75, 3.05) is 0 Å². The average Bonchev–Trinajstić information content (AvgIpc) is 2.74. The number of rotatable bonds is 0. The molecule has 0 aromatic carbocycles. The van der Waals surface area contributed by atoms with E-state index in [1.165, 1.54) is 77.0 Å². The molecule has 5 rings (SSSR count). The molecule has 31 heavy (non-hydrogen) atoms. The van der Waals surface area contributed by atoms with Crippen LogP contribution in [0.2, 0.25) is 0 Å². The van der Waals surface area contributed by atoms with E-state index in [-0.39, 0.29) is 11.2 Å². The maximum absolute atomic E-state index is 7.56. The second-order valence-corrected chi connectivity index (χ2v) is 15.3. The summed E-state index contributed by atoms with van der Waals surface area (Å²) >= 11 is 0. The van der Waals surface area contributed by atoms with Crippen LogP contribution in [0.25, 0.3) is 0 Å². The van der Waals surface area contributed by atoms with E-state index < -0.39 is 0 Å². The summed E-state index contributed by atoms with van der Waals surface area (Å²) in [6.07, 6.45) is 16.7. The molecular formula is C30H52O. The molecule has 4 aliphatic carbocycles. The molecule has 4 saturated carbocycles. The molecule has 0 radical (unpaired) electrons. The van der Waals surface area contributed by atoms with Gasteiger partial charge in [0.05, 0.1) is 11.2 Å². The van der Waals surface area contributed by atoms with Crippen LogP contribution in [0.1, 0.15) is 132 Å². The Kier molecular flexibility index (Phi) is 4.96. The Morgan fingerprint density at radius 3 is 1.23 bits per heavy atom. The first-order valence-corrected chi connectivity index (χ1v) is 14.0. The smallest absolute Gasteiger partial charge is 0.0695 e. The normalized spacial score (nSPS) is 55.7. The van der Waals surface area contributed by atoms with Crippen LogP contribution in [-0.2, 0) is 4.74 Å². The van der Waals surface area contributed by atoms with E-state index in [0.29, 0.717) is 21.7 Å². The molecule has 0 unspecified atom stereocenters. The minimum absolute atomic E-state index is 0.0789. The quantitative estimate of drug-likeness (QED) is 0.374. The van der Waals surface area contributed by atoms with Crippen molar-refractivity contribution in [3.05, 3.63) is 0 Å². The molecule has 0 aromatic heterocycles. The van der Waals surface area contributed by atoms with Crippen molar-refractivity contribution in [3.8, 4) is 0 Å². The van der Waals surface area contributed by atoms with E-state index in [1.807, 2.05) is 0 Å². The molecule has 0 amide bonds. The van der Waals surface area contributed by atoms with Gasteiger partial charge in [0.25, 0.3) is 0 Å². The summed E-state index contributed by atoms with van der Waals surface area (Å²) in [7, 11) is 0. The Labute approximate surface area is 193 Å². The van der Waals surface area contributed by atoms with Crippen LogP contribution < -0.4 is 0 Å². The Morgan fingerprint density at radius 1 is 0.452 bits per heavy atom. The van der Waals surface area contributed by atoms with Gasteiger partial charge in [-0.3, -0.25) is 0 Å². The summed E-state index contributed by atoms with van der Waals surface area (Å²) in [5.74, 6) is 3.22. The standard InChI is InChI=1S/C30H52O/c1-25(2)15-9-17-27(5)21(25)13-19-29(7)23(27)11-12-24-28(6)18-10-16-26(3,4)22(28)14-20-30(24,8)31-29/h21-24H,9-20H2,1-8H3/t21-,22+,23-,24-,27+,28+,29-,30-/m1/s1. The van der Waals surface area contributed by atoms with E-state index in [2.05, 4.69) is 55.4 Å². The fourth-order valence-corrected chi connectivity index (χ4v) is 11.6. The minimum atomic E-state index is 0.0789. The molecule has 1 aliphatic heterocycles. The number of ether oxygens (including phenoxy) is 1. The van der Waals surface area contributed by atoms with Gasteiger partial charge in [0.2, 0.25) is 0 Å². The van der Waals surface area contributed by atoms with Gasteiger partial charge in [-0.2, -0.15) is 0 Å². The molecule has 178 valence electrons. The Bertz CT molecular complexity index is 662. The maximum Gasteiger partial charge on any atom is 0.0695 e. The van der Waals surface area contributed by atoms with Crippen molar-refractivity contribution in [1.29, 1.82) is 0 Å². The summed E-state index contributed by atoms with van der Waals surface area (Å²) in [6, 6.07) is 0. The van der Waals surface area contributed by atoms with E-state index in [1.54, 1.807) is 0 Å². The van der Waals surface area contributed by atoms with Gasteiger partial charge < -0.3 is 4.74 Å². The van der Waals surface area contributed by atoms with Crippen LogP contribution in [0.4, 0.5) is 0 Å². The largest absolute Gasteiger partial charge is 0.369 e. The highest BCUT2D eigenvalue weighted by Crippen LogP contribution is 2.69. The van der Waals surface area contributed by atoms with E-state index >= 15 is 0 Å². The number of hydrogen-bond donors (Lipinski definition) is 0. The van der Waals surface area contributed by atoms with Gasteiger partial charge >= 0.3 is 0 Å². The zero-order valence-electron chi connectivity index (χ0n) is 22.2.